The van der Waals surface area contributed by atoms with E-state index in [4.69, 9.17) is 0 Å². The average molecular weight is 358 g/mol. The summed E-state index contributed by atoms with van der Waals surface area (Å²) in [4.78, 5) is 14.4. The second-order valence-electron chi connectivity index (χ2n) is 4.90. The Balaban J connectivity index is 1.85. The molecular formula is C14H19IN2O. The fourth-order valence-electron chi connectivity index (χ4n) is 1.96. The normalized spacial score (nSPS) is 14.9. The van der Waals surface area contributed by atoms with E-state index < -0.39 is 0 Å². The Kier molecular flexibility index (Phi) is 4.61. The van der Waals surface area contributed by atoms with Crippen LogP contribution in [-0.4, -0.2) is 37.0 Å². The van der Waals surface area contributed by atoms with Crippen LogP contribution in [0.5, 0.6) is 0 Å². The number of hydrogen-bond donors (Lipinski definition) is 1. The van der Waals surface area contributed by atoms with Crippen LogP contribution in [0.25, 0.3) is 0 Å². The summed E-state index contributed by atoms with van der Waals surface area (Å²) in [5, 5.41) is 3.00. The van der Waals surface area contributed by atoms with Gasteiger partial charge in [0.2, 0.25) is 0 Å². The van der Waals surface area contributed by atoms with Gasteiger partial charge in [0.05, 0.1) is 5.56 Å². The molecule has 1 aromatic carbocycles. The Hall–Kier alpha value is -0.620. The Morgan fingerprint density at radius 1 is 1.50 bits per heavy atom. The maximum absolute atomic E-state index is 12.1. The van der Waals surface area contributed by atoms with Gasteiger partial charge in [-0.1, -0.05) is 12.1 Å². The smallest absolute Gasteiger partial charge is 0.252 e. The lowest BCUT2D eigenvalue weighted by molar-refractivity contribution is 0.0948. The number of rotatable bonds is 5. The van der Waals surface area contributed by atoms with E-state index in [-0.39, 0.29) is 5.91 Å². The van der Waals surface area contributed by atoms with Crippen molar-refractivity contribution in [3.8, 4) is 0 Å². The van der Waals surface area contributed by atoms with Crippen LogP contribution < -0.4 is 5.32 Å². The fourth-order valence-corrected chi connectivity index (χ4v) is 2.57. The van der Waals surface area contributed by atoms with E-state index >= 15 is 0 Å². The molecule has 1 N–H and O–H groups in total. The molecule has 1 aromatic rings. The molecular weight excluding hydrogens is 339 g/mol. The molecule has 0 radical (unpaired) electrons. The average Bonchev–Trinajstić information content (AvgIpc) is 3.16. The minimum atomic E-state index is 0.0345. The topological polar surface area (TPSA) is 32.3 Å². The summed E-state index contributed by atoms with van der Waals surface area (Å²) in [5.74, 6) is 0.0345. The highest BCUT2D eigenvalue weighted by Crippen LogP contribution is 2.24. The molecule has 1 amide bonds. The van der Waals surface area contributed by atoms with Gasteiger partial charge in [-0.15, -0.1) is 0 Å². The van der Waals surface area contributed by atoms with Crippen molar-refractivity contribution in [1.82, 2.24) is 10.2 Å². The van der Waals surface area contributed by atoms with Gasteiger partial charge in [0.1, 0.15) is 0 Å². The van der Waals surface area contributed by atoms with Crippen LogP contribution in [0.3, 0.4) is 0 Å². The molecule has 0 bridgehead atoms. The van der Waals surface area contributed by atoms with Crippen LogP contribution >= 0.6 is 22.6 Å². The number of nitrogens with one attached hydrogen (secondary N) is 1. The number of likely N-dealkylation sites (N-methyl/N-ethyl adjacent to an activating group) is 1. The first-order valence-electron chi connectivity index (χ1n) is 6.33. The number of halogens is 1. The summed E-state index contributed by atoms with van der Waals surface area (Å²) in [5.41, 5.74) is 1.93. The first kappa shape index (κ1) is 13.8. The Morgan fingerprint density at radius 3 is 2.89 bits per heavy atom. The maximum Gasteiger partial charge on any atom is 0.252 e. The van der Waals surface area contributed by atoms with Gasteiger partial charge in [-0.25, -0.2) is 0 Å². The number of nitrogens with zero attached hydrogens (tertiary/aromatic N) is 1. The minimum absolute atomic E-state index is 0.0345. The molecule has 4 heteroatoms. The van der Waals surface area contributed by atoms with Gasteiger partial charge in [0, 0.05) is 22.7 Å². The Morgan fingerprint density at radius 2 is 2.22 bits per heavy atom. The lowest BCUT2D eigenvalue weighted by Crippen LogP contribution is -2.34. The summed E-state index contributed by atoms with van der Waals surface area (Å²) < 4.78 is 1.04. The molecule has 1 aliphatic carbocycles. The third-order valence-electron chi connectivity index (χ3n) is 3.36. The molecule has 1 fully saturated rings. The summed E-state index contributed by atoms with van der Waals surface area (Å²) in [6.07, 6.45) is 2.61. The van der Waals surface area contributed by atoms with Crippen molar-refractivity contribution < 1.29 is 4.79 Å². The molecule has 2 rings (SSSR count). The fraction of sp³-hybridized carbons (Fsp3) is 0.500. The molecule has 1 saturated carbocycles. The van der Waals surface area contributed by atoms with Crippen molar-refractivity contribution in [2.24, 2.45) is 0 Å². The molecule has 0 aromatic heterocycles. The van der Waals surface area contributed by atoms with Crippen molar-refractivity contribution in [1.29, 1.82) is 0 Å². The van der Waals surface area contributed by atoms with Gasteiger partial charge in [-0.05, 0) is 61.0 Å². The highest BCUT2D eigenvalue weighted by atomic mass is 127. The molecule has 1 aliphatic rings. The zero-order valence-electron chi connectivity index (χ0n) is 10.9. The largest absolute Gasteiger partial charge is 0.351 e. The summed E-state index contributed by atoms with van der Waals surface area (Å²) >= 11 is 2.23. The van der Waals surface area contributed by atoms with Gasteiger partial charge >= 0.3 is 0 Å². The van der Waals surface area contributed by atoms with Crippen LogP contribution in [0.15, 0.2) is 18.2 Å². The van der Waals surface area contributed by atoms with Gasteiger partial charge < -0.3 is 10.2 Å². The Labute approximate surface area is 122 Å². The lowest BCUT2D eigenvalue weighted by atomic mass is 10.1. The van der Waals surface area contributed by atoms with E-state index in [9.17, 15) is 4.79 Å². The molecule has 0 saturated heterocycles. The summed E-state index contributed by atoms with van der Waals surface area (Å²) in [6, 6.07) is 6.60. The zero-order valence-corrected chi connectivity index (χ0v) is 13.0. The maximum atomic E-state index is 12.1. The monoisotopic (exact) mass is 358 g/mol. The third-order valence-corrected chi connectivity index (χ3v) is 4.79. The number of amides is 1. The highest BCUT2D eigenvalue weighted by molar-refractivity contribution is 14.1. The minimum Gasteiger partial charge on any atom is -0.351 e. The van der Waals surface area contributed by atoms with Crippen molar-refractivity contribution >= 4 is 28.5 Å². The van der Waals surface area contributed by atoms with E-state index in [1.165, 1.54) is 12.8 Å². The predicted molar refractivity (Wildman–Crippen MR) is 81.9 cm³/mol. The van der Waals surface area contributed by atoms with Crippen molar-refractivity contribution in [2.75, 3.05) is 20.1 Å². The van der Waals surface area contributed by atoms with E-state index in [2.05, 4.69) is 39.9 Å². The molecule has 18 heavy (non-hydrogen) atoms. The van der Waals surface area contributed by atoms with Crippen molar-refractivity contribution in [2.45, 2.75) is 25.8 Å². The van der Waals surface area contributed by atoms with Crippen LogP contribution in [-0.2, 0) is 0 Å². The van der Waals surface area contributed by atoms with Crippen LogP contribution in [0.1, 0.15) is 28.8 Å². The number of benzene rings is 1. The van der Waals surface area contributed by atoms with E-state index in [0.717, 1.165) is 33.8 Å². The second-order valence-corrected chi connectivity index (χ2v) is 5.98. The van der Waals surface area contributed by atoms with E-state index in [1.54, 1.807) is 0 Å². The third kappa shape index (κ3) is 3.45. The summed E-state index contributed by atoms with van der Waals surface area (Å²) in [6.45, 7) is 3.67. The zero-order chi connectivity index (χ0) is 13.1. The quantitative estimate of drug-likeness (QED) is 0.820. The standard InChI is InChI=1S/C14H19IN2O/c1-10-4-3-5-12(13(10)15)14(18)16-8-9-17(2)11-6-7-11/h3-5,11H,6-9H2,1-2H3,(H,16,18). The molecule has 3 nitrogen and oxygen atoms in total. The molecule has 0 spiro atoms. The van der Waals surface area contributed by atoms with Crippen LogP contribution in [0.2, 0.25) is 0 Å². The second kappa shape index (κ2) is 6.02. The van der Waals surface area contributed by atoms with Crippen molar-refractivity contribution in [3.63, 3.8) is 0 Å². The molecule has 0 aliphatic heterocycles. The molecule has 0 atom stereocenters. The SMILES string of the molecule is Cc1cccc(C(=O)NCCN(C)C2CC2)c1I. The van der Waals surface area contributed by atoms with Crippen LogP contribution in [0.4, 0.5) is 0 Å². The van der Waals surface area contributed by atoms with Gasteiger partial charge in [-0.2, -0.15) is 0 Å². The predicted octanol–water partition coefficient (Wildman–Crippen LogP) is 2.42. The number of hydrogen-bond acceptors (Lipinski definition) is 2. The van der Waals surface area contributed by atoms with Crippen LogP contribution in [0, 0.1) is 10.5 Å². The Bertz CT molecular complexity index is 443. The van der Waals surface area contributed by atoms with Gasteiger partial charge in [-0.3, -0.25) is 4.79 Å². The molecule has 98 valence electrons. The highest BCUT2D eigenvalue weighted by Gasteiger charge is 2.25. The summed E-state index contributed by atoms with van der Waals surface area (Å²) in [7, 11) is 2.13. The molecule has 0 heterocycles. The number of aryl methyl sites for hydroxylation is 1. The number of carbonyl (C=O) groups is 1. The molecule has 0 unspecified atom stereocenters. The first-order chi connectivity index (χ1) is 8.59. The first-order valence-corrected chi connectivity index (χ1v) is 7.41. The van der Waals surface area contributed by atoms with Crippen molar-refractivity contribution in [3.05, 3.63) is 32.9 Å². The lowest BCUT2D eigenvalue weighted by Gasteiger charge is -2.16. The number of carbonyl (C=O) groups excluding carboxylic acids is 1. The van der Waals surface area contributed by atoms with Gasteiger partial charge in [0.25, 0.3) is 5.91 Å². The van der Waals surface area contributed by atoms with E-state index in [0.29, 0.717) is 0 Å². The van der Waals surface area contributed by atoms with Gasteiger partial charge in [0.15, 0.2) is 0 Å². The van der Waals surface area contributed by atoms with E-state index in [1.807, 2.05) is 25.1 Å².